The molecule has 0 heterocycles. The zero-order valence-corrected chi connectivity index (χ0v) is 12.2. The predicted octanol–water partition coefficient (Wildman–Crippen LogP) is 4.31. The van der Waals surface area contributed by atoms with Gasteiger partial charge in [0, 0.05) is 5.56 Å². The number of halogens is 3. The molecular weight excluding hydrogens is 335 g/mol. The monoisotopic (exact) mass is 344 g/mol. The zero-order valence-electron chi connectivity index (χ0n) is 9.87. The summed E-state index contributed by atoms with van der Waals surface area (Å²) in [7, 11) is 0. The van der Waals surface area contributed by atoms with Crippen molar-refractivity contribution >= 4 is 27.5 Å². The summed E-state index contributed by atoms with van der Waals surface area (Å²) in [5, 5.41) is 9.40. The smallest absolute Gasteiger partial charge is 0.138 e. The van der Waals surface area contributed by atoms with Gasteiger partial charge in [0.1, 0.15) is 18.2 Å². The highest BCUT2D eigenvalue weighted by molar-refractivity contribution is 9.10. The fraction of sp³-hybridized carbons (Fsp3) is 0.143. The van der Waals surface area contributed by atoms with Gasteiger partial charge in [-0.05, 0) is 39.7 Å². The highest BCUT2D eigenvalue weighted by Crippen LogP contribution is 2.28. The maximum atomic E-state index is 13.3. The summed E-state index contributed by atoms with van der Waals surface area (Å²) in [6.07, 6.45) is 0. The summed E-state index contributed by atoms with van der Waals surface area (Å²) < 4.78 is 19.3. The van der Waals surface area contributed by atoms with E-state index in [9.17, 15) is 4.39 Å². The summed E-state index contributed by atoms with van der Waals surface area (Å²) in [4.78, 5) is 0. The molecule has 2 nitrogen and oxygen atoms in total. The molecule has 100 valence electrons. The van der Waals surface area contributed by atoms with Gasteiger partial charge in [-0.3, -0.25) is 0 Å². The minimum absolute atomic E-state index is 0.0740. The van der Waals surface area contributed by atoms with Crippen LogP contribution in [0.5, 0.6) is 5.75 Å². The van der Waals surface area contributed by atoms with Crippen molar-refractivity contribution in [3.05, 3.63) is 62.8 Å². The fourth-order valence-corrected chi connectivity index (χ4v) is 2.21. The van der Waals surface area contributed by atoms with E-state index in [1.165, 1.54) is 6.07 Å². The van der Waals surface area contributed by atoms with Crippen LogP contribution in [0.1, 0.15) is 11.1 Å². The van der Waals surface area contributed by atoms with Crippen molar-refractivity contribution in [3.8, 4) is 5.75 Å². The minimum atomic E-state index is -0.331. The van der Waals surface area contributed by atoms with E-state index in [4.69, 9.17) is 21.4 Å². The third kappa shape index (κ3) is 3.47. The van der Waals surface area contributed by atoms with Gasteiger partial charge < -0.3 is 9.84 Å². The van der Waals surface area contributed by atoms with Crippen LogP contribution in [-0.4, -0.2) is 5.11 Å². The second kappa shape index (κ2) is 6.37. The Morgan fingerprint density at radius 1 is 1.26 bits per heavy atom. The lowest BCUT2D eigenvalue weighted by Gasteiger charge is -2.10. The van der Waals surface area contributed by atoms with E-state index in [1.54, 1.807) is 30.3 Å². The average Bonchev–Trinajstić information content (AvgIpc) is 2.41. The molecule has 2 rings (SSSR count). The molecule has 0 aliphatic heterocycles. The van der Waals surface area contributed by atoms with Crippen LogP contribution < -0.4 is 4.74 Å². The maximum Gasteiger partial charge on any atom is 0.138 e. The van der Waals surface area contributed by atoms with Gasteiger partial charge in [0.2, 0.25) is 0 Å². The van der Waals surface area contributed by atoms with Crippen molar-refractivity contribution in [3.63, 3.8) is 0 Å². The van der Waals surface area contributed by atoms with Crippen molar-refractivity contribution in [2.45, 2.75) is 13.2 Å². The molecule has 0 bridgehead atoms. The predicted molar refractivity (Wildman–Crippen MR) is 75.8 cm³/mol. The Balaban J connectivity index is 2.12. The highest BCUT2D eigenvalue weighted by Gasteiger charge is 2.07. The molecule has 2 aromatic rings. The van der Waals surface area contributed by atoms with Gasteiger partial charge >= 0.3 is 0 Å². The van der Waals surface area contributed by atoms with Crippen LogP contribution in [0.15, 0.2) is 40.9 Å². The molecule has 0 amide bonds. The van der Waals surface area contributed by atoms with Crippen LogP contribution in [0.4, 0.5) is 4.39 Å². The number of benzene rings is 2. The van der Waals surface area contributed by atoms with Gasteiger partial charge in [0.25, 0.3) is 0 Å². The van der Waals surface area contributed by atoms with E-state index >= 15 is 0 Å². The minimum Gasteiger partial charge on any atom is -0.487 e. The Kier molecular flexibility index (Phi) is 4.80. The van der Waals surface area contributed by atoms with Crippen molar-refractivity contribution < 1.29 is 14.2 Å². The molecule has 0 saturated heterocycles. The Hall–Kier alpha value is -1.10. The van der Waals surface area contributed by atoms with Crippen LogP contribution in [0, 0.1) is 5.82 Å². The van der Waals surface area contributed by atoms with Crippen LogP contribution >= 0.6 is 27.5 Å². The third-order valence-corrected chi connectivity index (χ3v) is 3.78. The summed E-state index contributed by atoms with van der Waals surface area (Å²) in [5.74, 6) is 0.165. The molecule has 19 heavy (non-hydrogen) atoms. The largest absolute Gasteiger partial charge is 0.487 e. The molecular formula is C14H11BrClFO2. The van der Waals surface area contributed by atoms with Crippen molar-refractivity contribution in [2.24, 2.45) is 0 Å². The standard InChI is InChI=1S/C14H11BrClFO2/c15-14-10(2-1-3-12(14)17)8-19-13-5-4-9(7-18)6-11(13)16/h1-6,18H,7-8H2. The Bertz CT molecular complexity index is 590. The van der Waals surface area contributed by atoms with Crippen LogP contribution in [0.25, 0.3) is 0 Å². The first-order valence-electron chi connectivity index (χ1n) is 5.57. The van der Waals surface area contributed by atoms with E-state index in [-0.39, 0.29) is 19.0 Å². The first kappa shape index (κ1) is 14.3. The van der Waals surface area contributed by atoms with E-state index in [0.29, 0.717) is 26.4 Å². The summed E-state index contributed by atoms with van der Waals surface area (Å²) in [6.45, 7) is 0.131. The van der Waals surface area contributed by atoms with E-state index in [0.717, 1.165) is 0 Å². The second-order valence-corrected chi connectivity index (χ2v) is 5.12. The molecule has 2 aromatic carbocycles. The van der Waals surface area contributed by atoms with Gasteiger partial charge in [-0.2, -0.15) is 0 Å². The molecule has 0 radical (unpaired) electrons. The van der Waals surface area contributed by atoms with Gasteiger partial charge in [0.05, 0.1) is 16.1 Å². The molecule has 0 aliphatic carbocycles. The van der Waals surface area contributed by atoms with Crippen molar-refractivity contribution in [1.82, 2.24) is 0 Å². The van der Waals surface area contributed by atoms with Gasteiger partial charge in [-0.15, -0.1) is 0 Å². The van der Waals surface area contributed by atoms with E-state index < -0.39 is 0 Å². The highest BCUT2D eigenvalue weighted by atomic mass is 79.9. The van der Waals surface area contributed by atoms with Crippen molar-refractivity contribution in [2.75, 3.05) is 0 Å². The molecule has 0 spiro atoms. The average molecular weight is 346 g/mol. The molecule has 5 heteroatoms. The lowest BCUT2D eigenvalue weighted by atomic mass is 10.2. The molecule has 0 saturated carbocycles. The Morgan fingerprint density at radius 2 is 2.05 bits per heavy atom. The molecule has 1 N–H and O–H groups in total. The lowest BCUT2D eigenvalue weighted by Crippen LogP contribution is -1.98. The molecule has 0 atom stereocenters. The molecule has 0 aromatic heterocycles. The normalized spacial score (nSPS) is 10.5. The number of hydrogen-bond donors (Lipinski definition) is 1. The van der Waals surface area contributed by atoms with Crippen LogP contribution in [-0.2, 0) is 13.2 Å². The number of ether oxygens (including phenoxy) is 1. The van der Waals surface area contributed by atoms with E-state index in [2.05, 4.69) is 15.9 Å². The summed E-state index contributed by atoms with van der Waals surface area (Å²) >= 11 is 9.20. The fourth-order valence-electron chi connectivity index (χ4n) is 1.58. The van der Waals surface area contributed by atoms with Gasteiger partial charge in [-0.25, -0.2) is 4.39 Å². The Morgan fingerprint density at radius 3 is 2.74 bits per heavy atom. The van der Waals surface area contributed by atoms with Crippen LogP contribution in [0.2, 0.25) is 5.02 Å². The number of aliphatic hydroxyl groups excluding tert-OH is 1. The topological polar surface area (TPSA) is 29.5 Å². The quantitative estimate of drug-likeness (QED) is 0.894. The third-order valence-electron chi connectivity index (χ3n) is 2.59. The number of rotatable bonds is 4. The van der Waals surface area contributed by atoms with Crippen molar-refractivity contribution in [1.29, 1.82) is 0 Å². The van der Waals surface area contributed by atoms with Crippen LogP contribution in [0.3, 0.4) is 0 Å². The summed E-state index contributed by atoms with van der Waals surface area (Å²) in [5.41, 5.74) is 1.41. The first-order valence-corrected chi connectivity index (χ1v) is 6.74. The van der Waals surface area contributed by atoms with Gasteiger partial charge in [0.15, 0.2) is 0 Å². The summed E-state index contributed by atoms with van der Waals surface area (Å²) in [6, 6.07) is 9.80. The second-order valence-electron chi connectivity index (χ2n) is 3.92. The molecule has 0 aliphatic rings. The van der Waals surface area contributed by atoms with Gasteiger partial charge in [-0.1, -0.05) is 29.8 Å². The first-order chi connectivity index (χ1) is 9.11. The van der Waals surface area contributed by atoms with E-state index in [1.807, 2.05) is 0 Å². The number of aliphatic hydroxyl groups is 1. The molecule has 0 unspecified atom stereocenters. The lowest BCUT2D eigenvalue weighted by molar-refractivity contribution is 0.280. The maximum absolute atomic E-state index is 13.3. The zero-order chi connectivity index (χ0) is 13.8. The molecule has 0 fully saturated rings. The SMILES string of the molecule is OCc1ccc(OCc2cccc(F)c2Br)c(Cl)c1. The number of hydrogen-bond acceptors (Lipinski definition) is 2. The Labute approximate surface area is 123 Å².